The molecule has 4 rings (SSSR count). The van der Waals surface area contributed by atoms with Gasteiger partial charge in [-0.25, -0.2) is 4.99 Å². The number of ketones is 2. The summed E-state index contributed by atoms with van der Waals surface area (Å²) < 4.78 is 0. The third kappa shape index (κ3) is 3.99. The van der Waals surface area contributed by atoms with E-state index in [4.69, 9.17) is 0 Å². The summed E-state index contributed by atoms with van der Waals surface area (Å²) >= 11 is 0. The van der Waals surface area contributed by atoms with Crippen LogP contribution >= 0.6 is 0 Å². The van der Waals surface area contributed by atoms with E-state index >= 15 is 0 Å². The fraction of sp³-hybridized carbons (Fsp3) is 0.192. The fourth-order valence-corrected chi connectivity index (χ4v) is 3.75. The summed E-state index contributed by atoms with van der Waals surface area (Å²) in [5.41, 5.74) is 3.34. The van der Waals surface area contributed by atoms with Crippen molar-refractivity contribution in [3.63, 3.8) is 0 Å². The zero-order chi connectivity index (χ0) is 22.8. The molecule has 32 heavy (non-hydrogen) atoms. The summed E-state index contributed by atoms with van der Waals surface area (Å²) in [5, 5.41) is 24.3. The summed E-state index contributed by atoms with van der Waals surface area (Å²) in [7, 11) is 0. The predicted molar refractivity (Wildman–Crippen MR) is 125 cm³/mol. The highest BCUT2D eigenvalue weighted by molar-refractivity contribution is 6.54. The van der Waals surface area contributed by atoms with Crippen LogP contribution in [-0.2, 0) is 12.8 Å². The van der Waals surface area contributed by atoms with E-state index in [1.54, 1.807) is 12.1 Å². The van der Waals surface area contributed by atoms with Crippen molar-refractivity contribution in [2.75, 3.05) is 5.32 Å². The molecule has 1 aliphatic rings. The quantitative estimate of drug-likeness (QED) is 0.368. The van der Waals surface area contributed by atoms with Crippen LogP contribution in [0, 0.1) is 0 Å². The summed E-state index contributed by atoms with van der Waals surface area (Å²) in [5.74, 6) is -1.77. The highest BCUT2D eigenvalue weighted by Crippen LogP contribution is 2.41. The number of nitrogens with zero attached hydrogens (tertiary/aromatic N) is 1. The van der Waals surface area contributed by atoms with Gasteiger partial charge in [-0.3, -0.25) is 9.59 Å². The lowest BCUT2D eigenvalue weighted by Crippen LogP contribution is -2.27. The summed E-state index contributed by atoms with van der Waals surface area (Å²) in [6.07, 6.45) is 1.53. The molecular weight excluding hydrogens is 404 g/mol. The van der Waals surface area contributed by atoms with Crippen molar-refractivity contribution in [2.45, 2.75) is 33.1 Å². The molecule has 3 aromatic carbocycles. The molecule has 0 radical (unpaired) electrons. The van der Waals surface area contributed by atoms with Gasteiger partial charge in [-0.2, -0.15) is 0 Å². The summed E-state index contributed by atoms with van der Waals surface area (Å²) in [4.78, 5) is 30.2. The highest BCUT2D eigenvalue weighted by atomic mass is 16.3. The van der Waals surface area contributed by atoms with Gasteiger partial charge in [-0.15, -0.1) is 0 Å². The van der Waals surface area contributed by atoms with E-state index in [1.807, 2.05) is 43.3 Å². The van der Waals surface area contributed by atoms with Gasteiger partial charge in [0.15, 0.2) is 11.5 Å². The summed E-state index contributed by atoms with van der Waals surface area (Å²) in [6.45, 7) is 4.09. The Morgan fingerprint density at radius 2 is 1.47 bits per heavy atom. The lowest BCUT2D eigenvalue weighted by Gasteiger charge is -2.20. The number of phenolic OH excluding ortho intramolecular Hbond substituents is 2. The second kappa shape index (κ2) is 8.67. The van der Waals surface area contributed by atoms with Gasteiger partial charge in [-0.1, -0.05) is 38.1 Å². The molecule has 3 aromatic rings. The van der Waals surface area contributed by atoms with Gasteiger partial charge in [0.25, 0.3) is 0 Å². The van der Waals surface area contributed by atoms with Gasteiger partial charge in [0.2, 0.25) is 5.78 Å². The number of phenols is 2. The number of carbonyl (C=O) groups excluding carboxylic acids is 2. The normalized spacial score (nSPS) is 14.5. The number of Topliss-reactive ketones (excluding diaryl/α,β-unsaturated/α-hetero) is 2. The van der Waals surface area contributed by atoms with Gasteiger partial charge in [0.05, 0.1) is 34.6 Å². The van der Waals surface area contributed by atoms with Crippen LogP contribution in [0.15, 0.2) is 59.6 Å². The molecule has 0 spiro atoms. The minimum absolute atomic E-state index is 0.0392. The minimum Gasteiger partial charge on any atom is -0.507 e. The van der Waals surface area contributed by atoms with Crippen molar-refractivity contribution in [3.8, 4) is 11.5 Å². The van der Waals surface area contributed by atoms with E-state index < -0.39 is 11.6 Å². The zero-order valence-electron chi connectivity index (χ0n) is 18.0. The molecule has 3 N–H and O–H groups in total. The van der Waals surface area contributed by atoms with Gasteiger partial charge in [0, 0.05) is 11.8 Å². The van der Waals surface area contributed by atoms with Crippen molar-refractivity contribution >= 4 is 34.3 Å². The van der Waals surface area contributed by atoms with E-state index in [9.17, 15) is 19.8 Å². The molecule has 6 heteroatoms. The number of fused-ring (bicyclic) bond motifs is 1. The lowest BCUT2D eigenvalue weighted by atomic mass is 9.86. The van der Waals surface area contributed by atoms with Gasteiger partial charge < -0.3 is 15.5 Å². The molecule has 0 unspecified atom stereocenters. The Kier molecular flexibility index (Phi) is 5.77. The molecule has 6 nitrogen and oxygen atoms in total. The number of aliphatic imine (C=N–C) groups is 1. The first-order valence-corrected chi connectivity index (χ1v) is 10.6. The first-order chi connectivity index (χ1) is 15.4. The van der Waals surface area contributed by atoms with Gasteiger partial charge >= 0.3 is 0 Å². The Hall–Kier alpha value is -3.93. The van der Waals surface area contributed by atoms with Crippen LogP contribution < -0.4 is 5.32 Å². The Bertz CT molecular complexity index is 1230. The molecule has 0 atom stereocenters. The maximum atomic E-state index is 13.0. The second-order valence-corrected chi connectivity index (χ2v) is 7.72. The van der Waals surface area contributed by atoms with Crippen LogP contribution in [0.3, 0.4) is 0 Å². The zero-order valence-corrected chi connectivity index (χ0v) is 18.0. The third-order valence-corrected chi connectivity index (χ3v) is 5.62. The first kappa shape index (κ1) is 21.3. The number of carbonyl (C=O) groups is 2. The molecule has 0 fully saturated rings. The maximum Gasteiger partial charge on any atom is 0.212 e. The SMILES string of the molecule is CCc1ccc(N=C2CC(=O)c3c(O)c(Nc4ccc(CC)cc4)cc(O)c3C2=O)cc1. The van der Waals surface area contributed by atoms with E-state index in [1.165, 1.54) is 6.07 Å². The average Bonchev–Trinajstić information content (AvgIpc) is 2.80. The molecule has 0 aliphatic heterocycles. The fourth-order valence-electron chi connectivity index (χ4n) is 3.75. The van der Waals surface area contributed by atoms with Crippen molar-refractivity contribution in [1.29, 1.82) is 0 Å². The van der Waals surface area contributed by atoms with Gasteiger partial charge in [-0.05, 0) is 48.2 Å². The highest BCUT2D eigenvalue weighted by Gasteiger charge is 2.35. The first-order valence-electron chi connectivity index (χ1n) is 10.6. The number of aryl methyl sites for hydroxylation is 2. The maximum absolute atomic E-state index is 13.0. The van der Waals surface area contributed by atoms with Crippen LogP contribution in [0.2, 0.25) is 0 Å². The van der Waals surface area contributed by atoms with Crippen LogP contribution in [0.5, 0.6) is 11.5 Å². The molecule has 0 bridgehead atoms. The minimum atomic E-state index is -0.564. The van der Waals surface area contributed by atoms with E-state index in [-0.39, 0.29) is 40.4 Å². The monoisotopic (exact) mass is 428 g/mol. The number of rotatable bonds is 5. The van der Waals surface area contributed by atoms with Crippen LogP contribution in [0.4, 0.5) is 17.1 Å². The molecule has 162 valence electrons. The van der Waals surface area contributed by atoms with Crippen LogP contribution in [0.1, 0.15) is 52.1 Å². The summed E-state index contributed by atoms with van der Waals surface area (Å²) in [6, 6.07) is 16.2. The number of benzene rings is 3. The van der Waals surface area contributed by atoms with Crippen molar-refractivity contribution < 1.29 is 19.8 Å². The van der Waals surface area contributed by atoms with Crippen molar-refractivity contribution in [3.05, 3.63) is 76.9 Å². The second-order valence-electron chi connectivity index (χ2n) is 7.72. The third-order valence-electron chi connectivity index (χ3n) is 5.62. The molecule has 0 saturated heterocycles. The van der Waals surface area contributed by atoms with E-state index in [2.05, 4.69) is 17.2 Å². The van der Waals surface area contributed by atoms with Crippen molar-refractivity contribution in [2.24, 2.45) is 4.99 Å². The molecule has 0 heterocycles. The molecule has 0 saturated carbocycles. The smallest absolute Gasteiger partial charge is 0.212 e. The topological polar surface area (TPSA) is 99.0 Å². The van der Waals surface area contributed by atoms with Crippen molar-refractivity contribution in [1.82, 2.24) is 0 Å². The number of hydrogen-bond acceptors (Lipinski definition) is 6. The number of anilines is 2. The number of hydrogen-bond donors (Lipinski definition) is 3. The number of aromatic hydroxyl groups is 2. The average molecular weight is 428 g/mol. The standard InChI is InChI=1S/C26H24N2O4/c1-3-15-5-9-17(10-6-15)27-19-13-21(29)24-23(25(19)31)22(30)14-20(26(24)32)28-18-11-7-16(4-2)8-12-18/h5-13,27,29,31H,3-4,14H2,1-2H3. The molecule has 1 aliphatic carbocycles. The Morgan fingerprint density at radius 3 is 2.06 bits per heavy atom. The largest absolute Gasteiger partial charge is 0.507 e. The van der Waals surface area contributed by atoms with E-state index in [0.29, 0.717) is 11.4 Å². The van der Waals surface area contributed by atoms with E-state index in [0.717, 1.165) is 24.0 Å². The number of nitrogens with one attached hydrogen (secondary N) is 1. The molecule has 0 aromatic heterocycles. The Labute approximate surface area is 186 Å². The Balaban J connectivity index is 1.69. The lowest BCUT2D eigenvalue weighted by molar-refractivity contribution is 0.0960. The predicted octanol–water partition coefficient (Wildman–Crippen LogP) is 5.51. The molecule has 0 amide bonds. The Morgan fingerprint density at radius 1 is 0.875 bits per heavy atom. The molecular formula is C26H24N2O4. The van der Waals surface area contributed by atoms with Gasteiger partial charge in [0.1, 0.15) is 5.75 Å². The van der Waals surface area contributed by atoms with Crippen LogP contribution in [-0.4, -0.2) is 27.5 Å². The van der Waals surface area contributed by atoms with Crippen LogP contribution in [0.25, 0.3) is 0 Å².